The fourth-order valence-corrected chi connectivity index (χ4v) is 5.96. The third-order valence-corrected chi connectivity index (χ3v) is 8.33. The van der Waals surface area contributed by atoms with E-state index >= 15 is 0 Å². The van der Waals surface area contributed by atoms with Gasteiger partial charge in [0.15, 0.2) is 5.82 Å². The molecule has 1 saturated heterocycles. The van der Waals surface area contributed by atoms with Crippen molar-refractivity contribution in [2.45, 2.75) is 25.7 Å². The molecule has 0 saturated carbocycles. The van der Waals surface area contributed by atoms with Crippen LogP contribution >= 0.6 is 11.3 Å². The Hall–Kier alpha value is -2.29. The average Bonchev–Trinajstić information content (AvgIpc) is 3.26. The Balaban J connectivity index is 1.47. The highest BCUT2D eigenvalue weighted by Gasteiger charge is 2.30. The molecule has 8 heteroatoms. The molecule has 3 heterocycles. The predicted molar refractivity (Wildman–Crippen MR) is 117 cm³/mol. The van der Waals surface area contributed by atoms with E-state index in [4.69, 9.17) is 0 Å². The summed E-state index contributed by atoms with van der Waals surface area (Å²) in [5.41, 5.74) is 3.76. The average molecular weight is 429 g/mol. The maximum atomic E-state index is 13.2. The second-order valence-electron chi connectivity index (χ2n) is 7.35. The van der Waals surface area contributed by atoms with Gasteiger partial charge in [-0.2, -0.15) is 4.31 Å². The Bertz CT molecular complexity index is 1100. The molecule has 0 unspecified atom stereocenters. The van der Waals surface area contributed by atoms with Gasteiger partial charge in [0.2, 0.25) is 10.0 Å². The summed E-state index contributed by atoms with van der Waals surface area (Å²) < 4.78 is 27.9. The molecule has 152 valence electrons. The quantitative estimate of drug-likeness (QED) is 0.635. The number of sulfonamides is 1. The maximum Gasteiger partial charge on any atom is 0.243 e. The van der Waals surface area contributed by atoms with Crippen LogP contribution in [0.25, 0.3) is 10.6 Å². The van der Waals surface area contributed by atoms with Gasteiger partial charge in [-0.25, -0.2) is 8.42 Å². The van der Waals surface area contributed by atoms with Gasteiger partial charge in [0.05, 0.1) is 9.77 Å². The lowest BCUT2D eigenvalue weighted by Gasteiger charge is -2.34. The molecule has 0 spiro atoms. The molecule has 3 aromatic rings. The monoisotopic (exact) mass is 428 g/mol. The molecular formula is C21H24N4O2S2. The van der Waals surface area contributed by atoms with Crippen molar-refractivity contribution in [3.63, 3.8) is 0 Å². The summed E-state index contributed by atoms with van der Waals surface area (Å²) in [6, 6.07) is 11.7. The van der Waals surface area contributed by atoms with Crippen LogP contribution in [-0.4, -0.2) is 49.1 Å². The third-order valence-electron chi connectivity index (χ3n) is 5.40. The number of hydrogen-bond acceptors (Lipinski definition) is 6. The number of piperazine rings is 1. The van der Waals surface area contributed by atoms with Crippen molar-refractivity contribution >= 4 is 27.2 Å². The largest absolute Gasteiger partial charge is 0.352 e. The maximum absolute atomic E-state index is 13.2. The molecule has 0 atom stereocenters. The van der Waals surface area contributed by atoms with E-state index in [2.05, 4.69) is 15.1 Å². The Morgan fingerprint density at radius 2 is 1.62 bits per heavy atom. The molecule has 0 bridgehead atoms. The predicted octanol–water partition coefficient (Wildman–Crippen LogP) is 3.64. The summed E-state index contributed by atoms with van der Waals surface area (Å²) in [4.78, 5) is 3.59. The van der Waals surface area contributed by atoms with E-state index in [0.717, 1.165) is 33.1 Å². The van der Waals surface area contributed by atoms with Crippen molar-refractivity contribution in [1.29, 1.82) is 0 Å². The number of aromatic nitrogens is 2. The number of benzene rings is 1. The number of aryl methyl sites for hydroxylation is 3. The lowest BCUT2D eigenvalue weighted by Crippen LogP contribution is -2.49. The van der Waals surface area contributed by atoms with Crippen LogP contribution in [0.15, 0.2) is 46.7 Å². The molecule has 0 radical (unpaired) electrons. The van der Waals surface area contributed by atoms with E-state index < -0.39 is 10.0 Å². The number of thiophene rings is 1. The molecule has 29 heavy (non-hydrogen) atoms. The summed E-state index contributed by atoms with van der Waals surface area (Å²) in [6.07, 6.45) is 0. The van der Waals surface area contributed by atoms with Gasteiger partial charge in [-0.15, -0.1) is 21.5 Å². The van der Waals surface area contributed by atoms with Gasteiger partial charge in [-0.3, -0.25) is 0 Å². The first-order valence-electron chi connectivity index (χ1n) is 9.57. The Morgan fingerprint density at radius 3 is 2.24 bits per heavy atom. The van der Waals surface area contributed by atoms with Gasteiger partial charge in [0.1, 0.15) is 5.69 Å². The van der Waals surface area contributed by atoms with Gasteiger partial charge in [0.25, 0.3) is 0 Å². The summed E-state index contributed by atoms with van der Waals surface area (Å²) in [7, 11) is -3.50. The molecular weight excluding hydrogens is 404 g/mol. The van der Waals surface area contributed by atoms with Crippen LogP contribution in [-0.2, 0) is 10.0 Å². The fourth-order valence-electron chi connectivity index (χ4n) is 3.56. The summed E-state index contributed by atoms with van der Waals surface area (Å²) in [6.45, 7) is 7.87. The summed E-state index contributed by atoms with van der Waals surface area (Å²) in [5.74, 6) is 0.782. The van der Waals surface area contributed by atoms with Gasteiger partial charge in [-0.1, -0.05) is 12.1 Å². The zero-order valence-electron chi connectivity index (χ0n) is 16.8. The standard InChI is InChI=1S/C21H24N4O2S2/c1-15-13-17(3)20(14-16(15)2)29(26,27)25-10-8-24(9-11-25)21-7-6-18(22-23-21)19-5-4-12-28-19/h4-7,12-14H,8-11H2,1-3H3. The van der Waals surface area contributed by atoms with Crippen molar-refractivity contribution < 1.29 is 8.42 Å². The molecule has 6 nitrogen and oxygen atoms in total. The molecule has 4 rings (SSSR count). The first kappa shape index (κ1) is 20.0. The Morgan fingerprint density at radius 1 is 0.897 bits per heavy atom. The number of anilines is 1. The molecule has 1 aliphatic rings. The van der Waals surface area contributed by atoms with Crippen LogP contribution in [0.5, 0.6) is 0 Å². The van der Waals surface area contributed by atoms with E-state index in [9.17, 15) is 8.42 Å². The second kappa shape index (κ2) is 7.85. The molecule has 2 aromatic heterocycles. The summed E-state index contributed by atoms with van der Waals surface area (Å²) >= 11 is 1.63. The van der Waals surface area contributed by atoms with Crippen molar-refractivity contribution in [1.82, 2.24) is 14.5 Å². The van der Waals surface area contributed by atoms with Crippen LogP contribution in [0.3, 0.4) is 0 Å². The minimum Gasteiger partial charge on any atom is -0.352 e. The Labute approximate surface area is 175 Å². The highest BCUT2D eigenvalue weighted by Crippen LogP contribution is 2.26. The molecule has 1 aliphatic heterocycles. The molecule has 1 aromatic carbocycles. The van der Waals surface area contributed by atoms with Crippen molar-refractivity contribution in [2.24, 2.45) is 0 Å². The topological polar surface area (TPSA) is 66.4 Å². The lowest BCUT2D eigenvalue weighted by molar-refractivity contribution is 0.383. The van der Waals surface area contributed by atoms with Gasteiger partial charge in [0, 0.05) is 26.2 Å². The summed E-state index contributed by atoms with van der Waals surface area (Å²) in [5, 5.41) is 10.7. The van der Waals surface area contributed by atoms with Crippen LogP contribution in [0.2, 0.25) is 0 Å². The molecule has 0 N–H and O–H groups in total. The smallest absolute Gasteiger partial charge is 0.243 e. The van der Waals surface area contributed by atoms with E-state index in [1.807, 2.05) is 56.5 Å². The van der Waals surface area contributed by atoms with E-state index in [1.165, 1.54) is 0 Å². The highest BCUT2D eigenvalue weighted by molar-refractivity contribution is 7.89. The highest BCUT2D eigenvalue weighted by atomic mass is 32.2. The van der Waals surface area contributed by atoms with Crippen LogP contribution in [0.1, 0.15) is 16.7 Å². The normalized spacial score (nSPS) is 15.6. The third kappa shape index (κ3) is 3.92. The van der Waals surface area contributed by atoms with Gasteiger partial charge in [-0.05, 0) is 67.1 Å². The second-order valence-corrected chi connectivity index (χ2v) is 10.2. The van der Waals surface area contributed by atoms with E-state index in [0.29, 0.717) is 31.1 Å². The molecule has 0 amide bonds. The van der Waals surface area contributed by atoms with Crippen LogP contribution < -0.4 is 4.90 Å². The van der Waals surface area contributed by atoms with Crippen molar-refractivity contribution in [3.8, 4) is 10.6 Å². The minimum atomic E-state index is -3.50. The van der Waals surface area contributed by atoms with Crippen LogP contribution in [0.4, 0.5) is 5.82 Å². The minimum absolute atomic E-state index is 0.411. The SMILES string of the molecule is Cc1cc(C)c(S(=O)(=O)N2CCN(c3ccc(-c4cccs4)nn3)CC2)cc1C. The van der Waals surface area contributed by atoms with E-state index in [1.54, 1.807) is 21.7 Å². The number of nitrogens with zero attached hydrogens (tertiary/aromatic N) is 4. The van der Waals surface area contributed by atoms with Crippen molar-refractivity contribution in [2.75, 3.05) is 31.1 Å². The van der Waals surface area contributed by atoms with Crippen LogP contribution in [0, 0.1) is 20.8 Å². The molecule has 1 fully saturated rings. The van der Waals surface area contributed by atoms with Crippen molar-refractivity contribution in [3.05, 3.63) is 58.5 Å². The van der Waals surface area contributed by atoms with Gasteiger partial charge >= 0.3 is 0 Å². The first-order valence-corrected chi connectivity index (χ1v) is 11.9. The number of hydrogen-bond donors (Lipinski definition) is 0. The van der Waals surface area contributed by atoms with E-state index in [-0.39, 0.29) is 0 Å². The van der Waals surface area contributed by atoms with Gasteiger partial charge < -0.3 is 4.90 Å². The zero-order chi connectivity index (χ0) is 20.6. The lowest BCUT2D eigenvalue weighted by atomic mass is 10.1. The Kier molecular flexibility index (Phi) is 5.42. The fraction of sp³-hybridized carbons (Fsp3) is 0.333. The molecule has 0 aliphatic carbocycles. The zero-order valence-corrected chi connectivity index (χ0v) is 18.4. The number of rotatable bonds is 4. The first-order chi connectivity index (χ1) is 13.9.